The number of hydrogen-bond donors (Lipinski definition) is 2. The van der Waals surface area contributed by atoms with Crippen molar-refractivity contribution in [2.75, 3.05) is 6.54 Å². The van der Waals surface area contributed by atoms with E-state index >= 15 is 0 Å². The van der Waals surface area contributed by atoms with Gasteiger partial charge in [-0.2, -0.15) is 0 Å². The van der Waals surface area contributed by atoms with Crippen LogP contribution in [-0.2, 0) is 4.79 Å². The quantitative estimate of drug-likeness (QED) is 0.704. The van der Waals surface area contributed by atoms with Crippen LogP contribution in [0.5, 0.6) is 0 Å². The Labute approximate surface area is 118 Å². The molecule has 19 heavy (non-hydrogen) atoms. The second-order valence-corrected chi connectivity index (χ2v) is 6.88. The Kier molecular flexibility index (Phi) is 6.84. The lowest BCUT2D eigenvalue weighted by Crippen LogP contribution is -2.33. The van der Waals surface area contributed by atoms with Crippen molar-refractivity contribution < 1.29 is 9.90 Å². The maximum absolute atomic E-state index is 11.0. The van der Waals surface area contributed by atoms with Crippen molar-refractivity contribution in [3.63, 3.8) is 0 Å². The molecule has 0 aromatic rings. The molecule has 0 aromatic heterocycles. The smallest absolute Gasteiger partial charge is 0.309 e. The SMILES string of the molecule is CC(CCC1CCCCC1)NCCC(C)(C)C(=O)O. The first-order chi connectivity index (χ1) is 8.92. The van der Waals surface area contributed by atoms with Crippen LogP contribution in [0.4, 0.5) is 0 Å². The topological polar surface area (TPSA) is 49.3 Å². The third-order valence-electron chi connectivity index (χ3n) is 4.55. The van der Waals surface area contributed by atoms with Gasteiger partial charge in [0.05, 0.1) is 5.41 Å². The summed E-state index contributed by atoms with van der Waals surface area (Å²) in [6.07, 6.45) is 10.3. The van der Waals surface area contributed by atoms with Crippen LogP contribution in [-0.4, -0.2) is 23.7 Å². The highest BCUT2D eigenvalue weighted by molar-refractivity contribution is 5.73. The maximum atomic E-state index is 11.0. The first kappa shape index (κ1) is 16.5. The van der Waals surface area contributed by atoms with Gasteiger partial charge in [0.1, 0.15) is 0 Å². The number of aliphatic carboxylic acids is 1. The molecule has 0 spiro atoms. The molecule has 1 atom stereocenters. The Morgan fingerprint density at radius 1 is 1.32 bits per heavy atom. The Morgan fingerprint density at radius 3 is 2.53 bits per heavy atom. The fourth-order valence-electron chi connectivity index (χ4n) is 2.80. The van der Waals surface area contributed by atoms with Crippen molar-refractivity contribution in [3.05, 3.63) is 0 Å². The minimum atomic E-state index is -0.704. The van der Waals surface area contributed by atoms with E-state index in [2.05, 4.69) is 12.2 Å². The molecule has 2 N–H and O–H groups in total. The Hall–Kier alpha value is -0.570. The Balaban J connectivity index is 2.10. The lowest BCUT2D eigenvalue weighted by molar-refractivity contribution is -0.147. The summed E-state index contributed by atoms with van der Waals surface area (Å²) in [7, 11) is 0. The summed E-state index contributed by atoms with van der Waals surface area (Å²) in [6.45, 7) is 6.61. The molecule has 0 heterocycles. The molecular formula is C16H31NO2. The predicted octanol–water partition coefficient (Wildman–Crippen LogP) is 3.83. The van der Waals surface area contributed by atoms with E-state index in [1.807, 2.05) is 0 Å². The van der Waals surface area contributed by atoms with Crippen molar-refractivity contribution in [1.82, 2.24) is 5.32 Å². The number of rotatable bonds is 8. The molecule has 0 saturated heterocycles. The van der Waals surface area contributed by atoms with Gasteiger partial charge in [-0.1, -0.05) is 32.1 Å². The average molecular weight is 269 g/mol. The van der Waals surface area contributed by atoms with Gasteiger partial charge in [0.25, 0.3) is 0 Å². The number of carboxylic acid groups (broad SMARTS) is 1. The zero-order chi connectivity index (χ0) is 14.3. The minimum Gasteiger partial charge on any atom is -0.481 e. The van der Waals surface area contributed by atoms with Gasteiger partial charge in [-0.05, 0) is 52.5 Å². The van der Waals surface area contributed by atoms with Crippen molar-refractivity contribution in [3.8, 4) is 0 Å². The zero-order valence-corrected chi connectivity index (χ0v) is 12.9. The van der Waals surface area contributed by atoms with E-state index in [-0.39, 0.29) is 0 Å². The molecule has 0 aromatic carbocycles. The fourth-order valence-corrected chi connectivity index (χ4v) is 2.80. The standard InChI is InChI=1S/C16H31NO2/c1-13(9-10-14-7-5-4-6-8-14)17-12-11-16(2,3)15(18)19/h13-14,17H,4-12H2,1-3H3,(H,18,19). The third-order valence-corrected chi connectivity index (χ3v) is 4.55. The van der Waals surface area contributed by atoms with Gasteiger partial charge in [0.15, 0.2) is 0 Å². The van der Waals surface area contributed by atoms with E-state index in [0.717, 1.165) is 12.5 Å². The van der Waals surface area contributed by atoms with E-state index in [0.29, 0.717) is 12.5 Å². The summed E-state index contributed by atoms with van der Waals surface area (Å²) in [5.74, 6) is 0.234. The van der Waals surface area contributed by atoms with Crippen LogP contribution in [0.3, 0.4) is 0 Å². The van der Waals surface area contributed by atoms with Crippen LogP contribution in [0.1, 0.15) is 72.1 Å². The van der Waals surface area contributed by atoms with Crippen LogP contribution in [0, 0.1) is 11.3 Å². The molecule has 1 fully saturated rings. The van der Waals surface area contributed by atoms with Gasteiger partial charge in [-0.3, -0.25) is 4.79 Å². The van der Waals surface area contributed by atoms with Gasteiger partial charge in [-0.25, -0.2) is 0 Å². The molecule has 1 unspecified atom stereocenters. The summed E-state index contributed by atoms with van der Waals surface area (Å²) in [5, 5.41) is 12.5. The van der Waals surface area contributed by atoms with Gasteiger partial charge in [-0.15, -0.1) is 0 Å². The van der Waals surface area contributed by atoms with Gasteiger partial charge in [0.2, 0.25) is 0 Å². The van der Waals surface area contributed by atoms with Crippen LogP contribution in [0.15, 0.2) is 0 Å². The van der Waals surface area contributed by atoms with E-state index in [1.165, 1.54) is 44.9 Å². The molecule has 3 heteroatoms. The zero-order valence-electron chi connectivity index (χ0n) is 12.9. The number of hydrogen-bond acceptors (Lipinski definition) is 2. The molecule has 0 bridgehead atoms. The lowest BCUT2D eigenvalue weighted by atomic mass is 9.85. The number of carbonyl (C=O) groups is 1. The first-order valence-corrected chi connectivity index (χ1v) is 7.88. The predicted molar refractivity (Wildman–Crippen MR) is 79.3 cm³/mol. The summed E-state index contributed by atoms with van der Waals surface area (Å²) >= 11 is 0. The van der Waals surface area contributed by atoms with E-state index < -0.39 is 11.4 Å². The van der Waals surface area contributed by atoms with Crippen molar-refractivity contribution >= 4 is 5.97 Å². The van der Waals surface area contributed by atoms with E-state index in [9.17, 15) is 4.79 Å². The first-order valence-electron chi connectivity index (χ1n) is 7.88. The highest BCUT2D eigenvalue weighted by Gasteiger charge is 2.26. The van der Waals surface area contributed by atoms with Gasteiger partial charge >= 0.3 is 5.97 Å². The van der Waals surface area contributed by atoms with Crippen LogP contribution in [0.2, 0.25) is 0 Å². The molecule has 0 radical (unpaired) electrons. The molecule has 1 rings (SSSR count). The van der Waals surface area contributed by atoms with E-state index in [4.69, 9.17) is 5.11 Å². The molecule has 112 valence electrons. The number of nitrogens with one attached hydrogen (secondary N) is 1. The Morgan fingerprint density at radius 2 is 1.95 bits per heavy atom. The van der Waals surface area contributed by atoms with Crippen molar-refractivity contribution in [2.24, 2.45) is 11.3 Å². The number of carboxylic acids is 1. The molecule has 1 saturated carbocycles. The molecule has 1 aliphatic rings. The second-order valence-electron chi connectivity index (χ2n) is 6.88. The maximum Gasteiger partial charge on any atom is 0.309 e. The average Bonchev–Trinajstić information content (AvgIpc) is 2.37. The molecule has 0 aliphatic heterocycles. The second kappa shape index (κ2) is 7.88. The monoisotopic (exact) mass is 269 g/mol. The Bertz CT molecular complexity index is 270. The largest absolute Gasteiger partial charge is 0.481 e. The third kappa shape index (κ3) is 6.42. The molecule has 0 amide bonds. The molecular weight excluding hydrogens is 238 g/mol. The van der Waals surface area contributed by atoms with Crippen molar-refractivity contribution in [1.29, 1.82) is 0 Å². The van der Waals surface area contributed by atoms with E-state index in [1.54, 1.807) is 13.8 Å². The normalized spacial score (nSPS) is 19.3. The fraction of sp³-hybridized carbons (Fsp3) is 0.938. The van der Waals surface area contributed by atoms with Gasteiger partial charge in [0, 0.05) is 6.04 Å². The summed E-state index contributed by atoms with van der Waals surface area (Å²) in [6, 6.07) is 0.506. The highest BCUT2D eigenvalue weighted by Crippen LogP contribution is 2.27. The molecule has 3 nitrogen and oxygen atoms in total. The van der Waals surface area contributed by atoms with Crippen molar-refractivity contribution in [2.45, 2.75) is 78.2 Å². The summed E-state index contributed by atoms with van der Waals surface area (Å²) in [4.78, 5) is 11.0. The van der Waals surface area contributed by atoms with Crippen LogP contribution < -0.4 is 5.32 Å². The van der Waals surface area contributed by atoms with Crippen LogP contribution in [0.25, 0.3) is 0 Å². The highest BCUT2D eigenvalue weighted by atomic mass is 16.4. The summed E-state index contributed by atoms with van der Waals surface area (Å²) in [5.41, 5.74) is -0.615. The van der Waals surface area contributed by atoms with Crippen LogP contribution >= 0.6 is 0 Å². The van der Waals surface area contributed by atoms with Gasteiger partial charge < -0.3 is 10.4 Å². The molecule has 1 aliphatic carbocycles. The minimum absolute atomic E-state index is 0.506. The summed E-state index contributed by atoms with van der Waals surface area (Å²) < 4.78 is 0. The lowest BCUT2D eigenvalue weighted by Gasteiger charge is -2.24.